The molecule has 1 nitrogen and oxygen atoms in total. The Bertz CT molecular complexity index is 112. The van der Waals surface area contributed by atoms with Gasteiger partial charge < -0.3 is 5.73 Å². The Balaban J connectivity index is 3.82. The summed E-state index contributed by atoms with van der Waals surface area (Å²) >= 11 is 0. The van der Waals surface area contributed by atoms with Gasteiger partial charge in [0.05, 0.1) is 0 Å². The van der Waals surface area contributed by atoms with E-state index in [4.69, 9.17) is 5.73 Å². The molecule has 0 fully saturated rings. The van der Waals surface area contributed by atoms with Gasteiger partial charge in [-0.05, 0) is 24.7 Å². The molecule has 0 bridgehead atoms. The highest BCUT2D eigenvalue weighted by Gasteiger charge is 2.16. The van der Waals surface area contributed by atoms with E-state index in [1.807, 2.05) is 0 Å². The van der Waals surface area contributed by atoms with E-state index in [1.54, 1.807) is 0 Å². The van der Waals surface area contributed by atoms with Gasteiger partial charge in [-0.25, -0.2) is 0 Å². The molecule has 0 aliphatic carbocycles. The molecule has 0 saturated heterocycles. The van der Waals surface area contributed by atoms with Crippen LogP contribution >= 0.6 is 0 Å². The normalized spacial score (nSPS) is 18.2. The summed E-state index contributed by atoms with van der Waals surface area (Å²) < 4.78 is 0. The number of hydrogen-bond acceptors (Lipinski definition) is 1. The Hall–Kier alpha value is -0.0400. The van der Waals surface area contributed by atoms with Crippen LogP contribution in [0, 0.1) is 11.8 Å². The monoisotopic (exact) mass is 185 g/mol. The molecule has 0 aromatic carbocycles. The van der Waals surface area contributed by atoms with Crippen molar-refractivity contribution in [3.05, 3.63) is 0 Å². The van der Waals surface area contributed by atoms with Crippen molar-refractivity contribution in [1.82, 2.24) is 0 Å². The lowest BCUT2D eigenvalue weighted by Crippen LogP contribution is -2.31. The van der Waals surface area contributed by atoms with Crippen molar-refractivity contribution in [3.8, 4) is 0 Å². The largest absolute Gasteiger partial charge is 0.327 e. The van der Waals surface area contributed by atoms with Crippen LogP contribution in [0.2, 0.25) is 0 Å². The zero-order chi connectivity index (χ0) is 10.3. The summed E-state index contributed by atoms with van der Waals surface area (Å²) in [6.45, 7) is 9.06. The molecule has 0 aliphatic heterocycles. The molecule has 0 spiro atoms. The Labute approximate surface area is 84.1 Å². The van der Waals surface area contributed by atoms with Gasteiger partial charge in [0.25, 0.3) is 0 Å². The van der Waals surface area contributed by atoms with Crippen molar-refractivity contribution in [1.29, 1.82) is 0 Å². The van der Waals surface area contributed by atoms with Crippen molar-refractivity contribution in [2.45, 2.75) is 65.8 Å². The van der Waals surface area contributed by atoms with Crippen LogP contribution in [0.1, 0.15) is 59.8 Å². The molecule has 2 N–H and O–H groups in total. The minimum absolute atomic E-state index is 0.430. The minimum atomic E-state index is 0.430. The maximum Gasteiger partial charge on any atom is 0.00695 e. The summed E-state index contributed by atoms with van der Waals surface area (Å²) in [6.07, 6.45) is 6.28. The first-order chi connectivity index (χ1) is 6.15. The zero-order valence-corrected chi connectivity index (χ0v) is 9.84. The molecule has 3 atom stereocenters. The van der Waals surface area contributed by atoms with Crippen molar-refractivity contribution < 1.29 is 0 Å². The lowest BCUT2D eigenvalue weighted by Gasteiger charge is -2.24. The van der Waals surface area contributed by atoms with E-state index in [9.17, 15) is 0 Å². The van der Waals surface area contributed by atoms with E-state index in [1.165, 1.54) is 32.1 Å². The van der Waals surface area contributed by atoms with E-state index in [2.05, 4.69) is 27.7 Å². The standard InChI is InChI=1S/C12H27N/c1-5-8-11(7-3)12(13)9-10(4)6-2/h10-12H,5-9,13H2,1-4H3/t10?,11-,12?/m0/s1. The second kappa shape index (κ2) is 7.37. The molecule has 1 heteroatoms. The van der Waals surface area contributed by atoms with Gasteiger partial charge in [0.1, 0.15) is 0 Å². The molecule has 80 valence electrons. The maximum atomic E-state index is 6.19. The lowest BCUT2D eigenvalue weighted by molar-refractivity contribution is 0.321. The summed E-state index contributed by atoms with van der Waals surface area (Å²) in [4.78, 5) is 0. The maximum absolute atomic E-state index is 6.19. The van der Waals surface area contributed by atoms with Gasteiger partial charge in [-0.15, -0.1) is 0 Å². The summed E-state index contributed by atoms with van der Waals surface area (Å²) in [5.41, 5.74) is 6.19. The van der Waals surface area contributed by atoms with Crippen molar-refractivity contribution >= 4 is 0 Å². The Morgan fingerprint density at radius 2 is 1.69 bits per heavy atom. The Morgan fingerprint density at radius 1 is 1.08 bits per heavy atom. The van der Waals surface area contributed by atoms with Gasteiger partial charge in [-0.3, -0.25) is 0 Å². The third kappa shape index (κ3) is 5.30. The quantitative estimate of drug-likeness (QED) is 0.644. The molecule has 0 radical (unpaired) electrons. The first kappa shape index (κ1) is 13.0. The number of rotatable bonds is 7. The molecule has 0 saturated carbocycles. The van der Waals surface area contributed by atoms with Crippen LogP contribution in [0.3, 0.4) is 0 Å². The predicted molar refractivity (Wildman–Crippen MR) is 60.7 cm³/mol. The highest BCUT2D eigenvalue weighted by atomic mass is 14.6. The van der Waals surface area contributed by atoms with Crippen LogP contribution in [-0.4, -0.2) is 6.04 Å². The number of hydrogen-bond donors (Lipinski definition) is 1. The second-order valence-electron chi connectivity index (χ2n) is 4.37. The van der Waals surface area contributed by atoms with Crippen LogP contribution < -0.4 is 5.73 Å². The molecule has 0 aliphatic rings. The average molecular weight is 185 g/mol. The summed E-state index contributed by atoms with van der Waals surface area (Å²) in [5.74, 6) is 1.54. The Kier molecular flexibility index (Phi) is 7.35. The van der Waals surface area contributed by atoms with Gasteiger partial charge >= 0.3 is 0 Å². The minimum Gasteiger partial charge on any atom is -0.327 e. The summed E-state index contributed by atoms with van der Waals surface area (Å²) in [7, 11) is 0. The number of nitrogens with two attached hydrogens (primary N) is 1. The smallest absolute Gasteiger partial charge is 0.00695 e. The van der Waals surface area contributed by atoms with E-state index in [0.717, 1.165) is 11.8 Å². The summed E-state index contributed by atoms with van der Waals surface area (Å²) in [6, 6.07) is 0.430. The molecule has 0 aromatic heterocycles. The van der Waals surface area contributed by atoms with Crippen LogP contribution in [0.25, 0.3) is 0 Å². The van der Waals surface area contributed by atoms with Gasteiger partial charge in [0, 0.05) is 6.04 Å². The first-order valence-electron chi connectivity index (χ1n) is 5.91. The van der Waals surface area contributed by atoms with Gasteiger partial charge in [0.15, 0.2) is 0 Å². The van der Waals surface area contributed by atoms with Crippen molar-refractivity contribution in [2.75, 3.05) is 0 Å². The third-order valence-electron chi connectivity index (χ3n) is 3.16. The lowest BCUT2D eigenvalue weighted by atomic mass is 9.86. The van der Waals surface area contributed by atoms with Crippen LogP contribution in [0.5, 0.6) is 0 Å². The molecular weight excluding hydrogens is 158 g/mol. The van der Waals surface area contributed by atoms with Crippen LogP contribution in [0.4, 0.5) is 0 Å². The van der Waals surface area contributed by atoms with E-state index in [0.29, 0.717) is 6.04 Å². The SMILES string of the molecule is CCC[C@H](CC)C(N)CC(C)CC. The van der Waals surface area contributed by atoms with Gasteiger partial charge in [-0.1, -0.05) is 47.0 Å². The molecule has 0 amide bonds. The molecule has 0 aromatic rings. The summed E-state index contributed by atoms with van der Waals surface area (Å²) in [5, 5.41) is 0. The second-order valence-corrected chi connectivity index (χ2v) is 4.37. The highest BCUT2D eigenvalue weighted by molar-refractivity contribution is 4.73. The van der Waals surface area contributed by atoms with Crippen LogP contribution in [-0.2, 0) is 0 Å². The topological polar surface area (TPSA) is 26.0 Å². The fourth-order valence-corrected chi connectivity index (χ4v) is 1.92. The molecular formula is C12H27N. The molecule has 0 rings (SSSR count). The van der Waals surface area contributed by atoms with Gasteiger partial charge in [0.2, 0.25) is 0 Å². The fraction of sp³-hybridized carbons (Fsp3) is 1.00. The zero-order valence-electron chi connectivity index (χ0n) is 9.84. The fourth-order valence-electron chi connectivity index (χ4n) is 1.92. The molecule has 2 unspecified atom stereocenters. The third-order valence-corrected chi connectivity index (χ3v) is 3.16. The van der Waals surface area contributed by atoms with E-state index in [-0.39, 0.29) is 0 Å². The van der Waals surface area contributed by atoms with Crippen molar-refractivity contribution in [2.24, 2.45) is 17.6 Å². The molecule has 13 heavy (non-hydrogen) atoms. The van der Waals surface area contributed by atoms with E-state index >= 15 is 0 Å². The van der Waals surface area contributed by atoms with Gasteiger partial charge in [-0.2, -0.15) is 0 Å². The van der Waals surface area contributed by atoms with Crippen molar-refractivity contribution in [3.63, 3.8) is 0 Å². The predicted octanol–water partition coefficient (Wildman–Crippen LogP) is 3.58. The van der Waals surface area contributed by atoms with Crippen LogP contribution in [0.15, 0.2) is 0 Å². The highest BCUT2D eigenvalue weighted by Crippen LogP contribution is 2.20. The first-order valence-corrected chi connectivity index (χ1v) is 5.91. The molecule has 0 heterocycles. The Morgan fingerprint density at radius 3 is 2.08 bits per heavy atom. The van der Waals surface area contributed by atoms with E-state index < -0.39 is 0 Å². The average Bonchev–Trinajstić information content (AvgIpc) is 2.13.